The monoisotopic (exact) mass is 498 g/mol. The molecule has 6 nitrogen and oxygen atoms in total. The number of thioether (sulfide) groups is 1. The second-order valence-corrected chi connectivity index (χ2v) is 9.90. The summed E-state index contributed by atoms with van der Waals surface area (Å²) in [5.41, 5.74) is 4.38. The first kappa shape index (κ1) is 22.7. The van der Waals surface area contributed by atoms with E-state index in [1.807, 2.05) is 41.3 Å². The normalized spacial score (nSPS) is 14.2. The number of pyridine rings is 1. The van der Waals surface area contributed by atoms with Crippen molar-refractivity contribution in [2.75, 3.05) is 20.2 Å². The third-order valence-corrected chi connectivity index (χ3v) is 7.38. The molecule has 1 amide bonds. The number of hydrogen-bond acceptors (Lipinski definition) is 6. The Labute approximate surface area is 214 Å². The lowest BCUT2D eigenvalue weighted by Gasteiger charge is -2.24. The third-order valence-electron chi connectivity index (χ3n) is 6.66. The van der Waals surface area contributed by atoms with Crippen molar-refractivity contribution in [2.45, 2.75) is 30.3 Å². The van der Waals surface area contributed by atoms with Crippen molar-refractivity contribution < 1.29 is 19.0 Å². The molecule has 36 heavy (non-hydrogen) atoms. The fraction of sp³-hybridized carbons (Fsp3) is 0.241. The van der Waals surface area contributed by atoms with Gasteiger partial charge in [-0.15, -0.1) is 11.8 Å². The molecular weight excluding hydrogens is 472 g/mol. The summed E-state index contributed by atoms with van der Waals surface area (Å²) in [5, 5.41) is 1.06. The minimum atomic E-state index is -0.00906. The van der Waals surface area contributed by atoms with Crippen LogP contribution in [0.4, 0.5) is 0 Å². The number of carbonyl (C=O) groups excluding carboxylic acids is 1. The number of hydrogen-bond donors (Lipinski definition) is 0. The van der Waals surface area contributed by atoms with Gasteiger partial charge in [-0.2, -0.15) is 0 Å². The number of aromatic nitrogens is 1. The van der Waals surface area contributed by atoms with Gasteiger partial charge in [0.25, 0.3) is 5.91 Å². The van der Waals surface area contributed by atoms with Crippen LogP contribution in [0.3, 0.4) is 0 Å². The summed E-state index contributed by atoms with van der Waals surface area (Å²) in [4.78, 5) is 21.9. The van der Waals surface area contributed by atoms with E-state index < -0.39 is 0 Å². The molecule has 0 unspecified atom stereocenters. The molecule has 182 valence electrons. The molecule has 0 saturated heterocycles. The summed E-state index contributed by atoms with van der Waals surface area (Å²) >= 11 is 1.70. The van der Waals surface area contributed by atoms with E-state index in [9.17, 15) is 4.79 Å². The van der Waals surface area contributed by atoms with Crippen molar-refractivity contribution in [3.63, 3.8) is 0 Å². The number of fused-ring (bicyclic) bond motifs is 2. The number of rotatable bonds is 7. The molecular formula is C29H26N2O4S. The predicted octanol–water partition coefficient (Wildman–Crippen LogP) is 6.17. The second kappa shape index (κ2) is 9.39. The maximum absolute atomic E-state index is 13.7. The Morgan fingerprint density at radius 1 is 1.06 bits per heavy atom. The number of carbonyl (C=O) groups is 1. The molecule has 7 heteroatoms. The van der Waals surface area contributed by atoms with E-state index in [0.717, 1.165) is 51.2 Å². The van der Waals surface area contributed by atoms with Crippen molar-refractivity contribution in [3.8, 4) is 28.5 Å². The van der Waals surface area contributed by atoms with E-state index in [1.165, 1.54) is 0 Å². The van der Waals surface area contributed by atoms with Gasteiger partial charge in [0.15, 0.2) is 11.5 Å². The zero-order valence-corrected chi connectivity index (χ0v) is 21.0. The van der Waals surface area contributed by atoms with Crippen LogP contribution >= 0.6 is 11.8 Å². The van der Waals surface area contributed by atoms with Crippen molar-refractivity contribution in [1.82, 2.24) is 9.88 Å². The van der Waals surface area contributed by atoms with E-state index in [-0.39, 0.29) is 18.7 Å². The summed E-state index contributed by atoms with van der Waals surface area (Å²) in [5.74, 6) is 2.05. The van der Waals surface area contributed by atoms with Crippen molar-refractivity contribution in [3.05, 3.63) is 77.9 Å². The van der Waals surface area contributed by atoms with Gasteiger partial charge in [-0.3, -0.25) is 4.79 Å². The fourth-order valence-corrected chi connectivity index (χ4v) is 5.02. The minimum absolute atomic E-state index is 0.00906. The number of ether oxygens (including phenoxy) is 3. The molecule has 2 heterocycles. The Morgan fingerprint density at radius 2 is 1.92 bits per heavy atom. The van der Waals surface area contributed by atoms with Crippen LogP contribution in [0.15, 0.2) is 71.6 Å². The van der Waals surface area contributed by atoms with Crippen LogP contribution < -0.4 is 14.2 Å². The summed E-state index contributed by atoms with van der Waals surface area (Å²) in [6, 6.07) is 22.1. The zero-order valence-electron chi connectivity index (χ0n) is 20.2. The molecule has 0 bridgehead atoms. The SMILES string of the molecule is COc1cccc(-c2nc3cc(SC)ccc3cc2CN(C(=O)c2ccc3c(c2)OCO3)C2CC2)c1. The van der Waals surface area contributed by atoms with Crippen LogP contribution in [0.25, 0.3) is 22.2 Å². The Hall–Kier alpha value is -3.71. The standard InChI is InChI=1S/C29H26N2O4S/c1-33-23-5-3-4-19(13-23)28-21(12-18-6-10-24(36-2)15-25(18)30-28)16-31(22-8-9-22)29(32)20-7-11-26-27(14-20)35-17-34-26/h3-7,10-15,22H,8-9,16-17H2,1-2H3. The highest BCUT2D eigenvalue weighted by Gasteiger charge is 2.34. The van der Waals surface area contributed by atoms with E-state index >= 15 is 0 Å². The third kappa shape index (κ3) is 4.35. The number of amides is 1. The molecule has 1 saturated carbocycles. The number of nitrogens with zero attached hydrogens (tertiary/aromatic N) is 2. The van der Waals surface area contributed by atoms with Crippen LogP contribution in [0.2, 0.25) is 0 Å². The smallest absolute Gasteiger partial charge is 0.254 e. The first-order valence-electron chi connectivity index (χ1n) is 12.0. The topological polar surface area (TPSA) is 60.9 Å². The van der Waals surface area contributed by atoms with Crippen molar-refractivity contribution in [1.29, 1.82) is 0 Å². The van der Waals surface area contributed by atoms with Gasteiger partial charge >= 0.3 is 0 Å². The Balaban J connectivity index is 1.42. The van der Waals surface area contributed by atoms with Gasteiger partial charge in [-0.05, 0) is 73.2 Å². The van der Waals surface area contributed by atoms with Gasteiger partial charge < -0.3 is 19.1 Å². The fourth-order valence-electron chi connectivity index (χ4n) is 4.59. The molecule has 1 fully saturated rings. The Kier molecular flexibility index (Phi) is 5.93. The molecule has 1 aliphatic heterocycles. The van der Waals surface area contributed by atoms with E-state index in [2.05, 4.69) is 30.5 Å². The lowest BCUT2D eigenvalue weighted by molar-refractivity contribution is 0.0729. The number of benzene rings is 3. The predicted molar refractivity (Wildman–Crippen MR) is 141 cm³/mol. The van der Waals surface area contributed by atoms with Gasteiger partial charge in [0.2, 0.25) is 6.79 Å². The maximum atomic E-state index is 13.7. The largest absolute Gasteiger partial charge is 0.497 e. The highest BCUT2D eigenvalue weighted by Crippen LogP contribution is 2.37. The molecule has 3 aromatic carbocycles. The van der Waals surface area contributed by atoms with Gasteiger partial charge in [0.05, 0.1) is 18.3 Å². The summed E-state index contributed by atoms with van der Waals surface area (Å²) in [6.07, 6.45) is 4.07. The molecule has 4 aromatic rings. The molecule has 0 N–H and O–H groups in total. The molecule has 2 aliphatic rings. The molecule has 1 aliphatic carbocycles. The molecule has 0 radical (unpaired) electrons. The van der Waals surface area contributed by atoms with Gasteiger partial charge in [-0.1, -0.05) is 18.2 Å². The van der Waals surface area contributed by atoms with Crippen molar-refractivity contribution >= 4 is 28.6 Å². The molecule has 6 rings (SSSR count). The minimum Gasteiger partial charge on any atom is -0.497 e. The quantitative estimate of drug-likeness (QED) is 0.284. The lowest BCUT2D eigenvalue weighted by atomic mass is 10.0. The van der Waals surface area contributed by atoms with Gasteiger partial charge in [-0.25, -0.2) is 4.98 Å². The second-order valence-electron chi connectivity index (χ2n) is 9.02. The first-order valence-corrected chi connectivity index (χ1v) is 13.2. The summed E-state index contributed by atoms with van der Waals surface area (Å²) in [6.45, 7) is 0.655. The van der Waals surface area contributed by atoms with Crippen LogP contribution in [-0.4, -0.2) is 42.0 Å². The maximum Gasteiger partial charge on any atom is 0.254 e. The van der Waals surface area contributed by atoms with E-state index in [4.69, 9.17) is 19.2 Å². The van der Waals surface area contributed by atoms with E-state index in [1.54, 1.807) is 24.9 Å². The summed E-state index contributed by atoms with van der Waals surface area (Å²) < 4.78 is 16.4. The van der Waals surface area contributed by atoms with Gasteiger partial charge in [0.1, 0.15) is 5.75 Å². The zero-order chi connectivity index (χ0) is 24.6. The first-order chi connectivity index (χ1) is 17.6. The highest BCUT2D eigenvalue weighted by atomic mass is 32.2. The molecule has 0 spiro atoms. The van der Waals surface area contributed by atoms with Crippen LogP contribution in [0.1, 0.15) is 28.8 Å². The Bertz CT molecular complexity index is 1470. The summed E-state index contributed by atoms with van der Waals surface area (Å²) in [7, 11) is 1.66. The molecule has 1 aromatic heterocycles. The lowest BCUT2D eigenvalue weighted by Crippen LogP contribution is -2.32. The molecule has 0 atom stereocenters. The van der Waals surface area contributed by atoms with Gasteiger partial charge in [0, 0.05) is 34.0 Å². The van der Waals surface area contributed by atoms with E-state index in [0.29, 0.717) is 23.6 Å². The van der Waals surface area contributed by atoms with Crippen LogP contribution in [0, 0.1) is 0 Å². The van der Waals surface area contributed by atoms with Crippen LogP contribution in [0.5, 0.6) is 17.2 Å². The van der Waals surface area contributed by atoms with Crippen molar-refractivity contribution in [2.24, 2.45) is 0 Å². The number of methoxy groups -OCH3 is 1. The van der Waals surface area contributed by atoms with Crippen LogP contribution in [-0.2, 0) is 6.54 Å². The average molecular weight is 499 g/mol. The highest BCUT2D eigenvalue weighted by molar-refractivity contribution is 7.98. The average Bonchev–Trinajstić information content (AvgIpc) is 3.66. The Morgan fingerprint density at radius 3 is 2.72 bits per heavy atom.